The van der Waals surface area contributed by atoms with Gasteiger partial charge in [-0.1, -0.05) is 66.3 Å². The highest BCUT2D eigenvalue weighted by Gasteiger charge is 2.27. The molecule has 0 heterocycles. The molecule has 2 rings (SSSR count). The number of hydrogen-bond acceptors (Lipinski definition) is 4. The second kappa shape index (κ2) is 13.9. The van der Waals surface area contributed by atoms with Gasteiger partial charge < -0.3 is 10.2 Å². The summed E-state index contributed by atoms with van der Waals surface area (Å²) in [5, 5.41) is 4.13. The van der Waals surface area contributed by atoms with Crippen LogP contribution >= 0.6 is 46.4 Å². The van der Waals surface area contributed by atoms with Gasteiger partial charge in [0.1, 0.15) is 6.04 Å². The van der Waals surface area contributed by atoms with E-state index in [9.17, 15) is 18.0 Å². The van der Waals surface area contributed by atoms with E-state index in [4.69, 9.17) is 46.4 Å². The fourth-order valence-electron chi connectivity index (χ4n) is 3.53. The number of nitrogens with one attached hydrogen (secondary N) is 1. The minimum atomic E-state index is -3.70. The van der Waals surface area contributed by atoms with Gasteiger partial charge in [0.05, 0.1) is 27.0 Å². The Balaban J connectivity index is 2.22. The molecular formula is C25H31Cl4N3O4S. The Hall–Kier alpha value is -1.71. The van der Waals surface area contributed by atoms with Crippen molar-refractivity contribution in [2.24, 2.45) is 5.92 Å². The first-order chi connectivity index (χ1) is 17.2. The Kier molecular flexibility index (Phi) is 11.8. The first kappa shape index (κ1) is 31.5. The summed E-state index contributed by atoms with van der Waals surface area (Å²) in [6.45, 7) is 6.20. The highest BCUT2D eigenvalue weighted by molar-refractivity contribution is 7.92. The fraction of sp³-hybridized carbons (Fsp3) is 0.440. The van der Waals surface area contributed by atoms with Crippen LogP contribution in [0.5, 0.6) is 0 Å². The number of carbonyl (C=O) groups excluding carboxylic acids is 2. The second-order valence-corrected chi connectivity index (χ2v) is 12.7. The van der Waals surface area contributed by atoms with Crippen LogP contribution in [-0.2, 0) is 26.2 Å². The molecule has 2 amide bonds. The van der Waals surface area contributed by atoms with Gasteiger partial charge in [0.2, 0.25) is 21.8 Å². The summed E-state index contributed by atoms with van der Waals surface area (Å²) < 4.78 is 26.1. The van der Waals surface area contributed by atoms with E-state index in [1.807, 2.05) is 13.8 Å². The molecule has 7 nitrogen and oxygen atoms in total. The van der Waals surface area contributed by atoms with Crippen LogP contribution in [0.15, 0.2) is 36.4 Å². The van der Waals surface area contributed by atoms with Crippen LogP contribution in [0.4, 0.5) is 5.69 Å². The SMILES string of the molecule is CC(C)CNC(=O)C(C)N(Cc1ccc(Cl)c(Cl)c1)C(=O)CCCN(c1cc(Cl)ccc1Cl)S(C)(=O)=O. The van der Waals surface area contributed by atoms with E-state index in [2.05, 4.69) is 5.32 Å². The lowest BCUT2D eigenvalue weighted by molar-refractivity contribution is -0.140. The van der Waals surface area contributed by atoms with Gasteiger partial charge in [0, 0.05) is 31.1 Å². The molecule has 0 saturated heterocycles. The molecule has 1 N–H and O–H groups in total. The van der Waals surface area contributed by atoms with Crippen molar-refractivity contribution in [3.05, 3.63) is 62.1 Å². The van der Waals surface area contributed by atoms with E-state index in [-0.39, 0.29) is 54.4 Å². The van der Waals surface area contributed by atoms with Crippen molar-refractivity contribution in [3.63, 3.8) is 0 Å². The Morgan fingerprint density at radius 2 is 1.59 bits per heavy atom. The van der Waals surface area contributed by atoms with E-state index in [1.165, 1.54) is 17.0 Å². The van der Waals surface area contributed by atoms with Gasteiger partial charge in [0.25, 0.3) is 0 Å². The first-order valence-corrected chi connectivity index (χ1v) is 15.0. The average Bonchev–Trinajstić information content (AvgIpc) is 2.81. The monoisotopic (exact) mass is 609 g/mol. The lowest BCUT2D eigenvalue weighted by Crippen LogP contribution is -2.48. The number of nitrogens with zero attached hydrogens (tertiary/aromatic N) is 2. The number of halogens is 4. The molecule has 37 heavy (non-hydrogen) atoms. The fourth-order valence-corrected chi connectivity index (χ4v) is 5.25. The summed E-state index contributed by atoms with van der Waals surface area (Å²) in [5.41, 5.74) is 0.938. The van der Waals surface area contributed by atoms with Crippen molar-refractivity contribution < 1.29 is 18.0 Å². The zero-order chi connectivity index (χ0) is 27.9. The normalized spacial score (nSPS) is 12.4. The maximum Gasteiger partial charge on any atom is 0.242 e. The van der Waals surface area contributed by atoms with Crippen molar-refractivity contribution in [2.45, 2.75) is 46.2 Å². The van der Waals surface area contributed by atoms with E-state index in [1.54, 1.807) is 31.2 Å². The van der Waals surface area contributed by atoms with Gasteiger partial charge in [-0.05, 0) is 55.2 Å². The highest BCUT2D eigenvalue weighted by Crippen LogP contribution is 2.31. The molecule has 0 spiro atoms. The number of hydrogen-bond donors (Lipinski definition) is 1. The molecule has 0 aromatic heterocycles. The van der Waals surface area contributed by atoms with Crippen molar-refractivity contribution in [2.75, 3.05) is 23.7 Å². The molecule has 1 atom stereocenters. The van der Waals surface area contributed by atoms with Crippen LogP contribution in [0.2, 0.25) is 20.1 Å². The zero-order valence-corrected chi connectivity index (χ0v) is 24.9. The predicted molar refractivity (Wildman–Crippen MR) is 152 cm³/mol. The van der Waals surface area contributed by atoms with Gasteiger partial charge in [-0.15, -0.1) is 0 Å². The van der Waals surface area contributed by atoms with Gasteiger partial charge >= 0.3 is 0 Å². The molecule has 12 heteroatoms. The van der Waals surface area contributed by atoms with Crippen LogP contribution in [0.25, 0.3) is 0 Å². The summed E-state index contributed by atoms with van der Waals surface area (Å²) in [5.74, 6) is -0.356. The van der Waals surface area contributed by atoms with E-state index in [0.717, 1.165) is 10.6 Å². The standard InChI is InChI=1S/C25H31Cl4N3O4S/c1-16(2)14-30-25(34)17(3)31(15-18-7-9-20(27)22(29)12-18)24(33)6-5-11-32(37(4,35)36)23-13-19(26)8-10-21(23)28/h7-10,12-13,16-17H,5-6,11,14-15H2,1-4H3,(H,30,34). The molecule has 2 aromatic rings. The third kappa shape index (κ3) is 9.52. The topological polar surface area (TPSA) is 86.8 Å². The van der Waals surface area contributed by atoms with Crippen LogP contribution in [0, 0.1) is 5.92 Å². The predicted octanol–water partition coefficient (Wildman–Crippen LogP) is 6.04. The molecular weight excluding hydrogens is 580 g/mol. The van der Waals surface area contributed by atoms with Crippen LogP contribution in [0.1, 0.15) is 39.2 Å². The number of sulfonamides is 1. The molecule has 1 unspecified atom stereocenters. The van der Waals surface area contributed by atoms with Gasteiger partial charge in [-0.2, -0.15) is 0 Å². The number of carbonyl (C=O) groups is 2. The minimum absolute atomic E-state index is 0.000818. The number of benzene rings is 2. The average molecular weight is 611 g/mol. The molecule has 0 fully saturated rings. The second-order valence-electron chi connectivity index (χ2n) is 9.12. The zero-order valence-electron chi connectivity index (χ0n) is 21.1. The lowest BCUT2D eigenvalue weighted by atomic mass is 10.1. The molecule has 0 bridgehead atoms. The summed E-state index contributed by atoms with van der Waals surface area (Å²) in [6, 6.07) is 8.78. The van der Waals surface area contributed by atoms with Gasteiger partial charge in [0.15, 0.2) is 0 Å². The highest BCUT2D eigenvalue weighted by atomic mass is 35.5. The number of amides is 2. The lowest BCUT2D eigenvalue weighted by Gasteiger charge is -2.30. The Morgan fingerprint density at radius 3 is 2.19 bits per heavy atom. The van der Waals surface area contributed by atoms with Crippen LogP contribution < -0.4 is 9.62 Å². The summed E-state index contributed by atoms with van der Waals surface area (Å²) in [4.78, 5) is 27.6. The third-order valence-electron chi connectivity index (χ3n) is 5.52. The van der Waals surface area contributed by atoms with Gasteiger partial charge in [-0.3, -0.25) is 13.9 Å². The molecule has 204 valence electrons. The van der Waals surface area contributed by atoms with E-state index in [0.29, 0.717) is 27.2 Å². The van der Waals surface area contributed by atoms with Crippen molar-refractivity contribution in [1.29, 1.82) is 0 Å². The molecule has 0 radical (unpaired) electrons. The summed E-state index contributed by atoms with van der Waals surface area (Å²) >= 11 is 24.4. The summed E-state index contributed by atoms with van der Waals surface area (Å²) in [6.07, 6.45) is 1.24. The van der Waals surface area contributed by atoms with Crippen molar-refractivity contribution in [1.82, 2.24) is 10.2 Å². The molecule has 0 aliphatic heterocycles. The number of anilines is 1. The number of rotatable bonds is 12. The quantitative estimate of drug-likeness (QED) is 0.318. The van der Waals surface area contributed by atoms with Crippen LogP contribution in [-0.4, -0.2) is 50.5 Å². The largest absolute Gasteiger partial charge is 0.354 e. The maximum absolute atomic E-state index is 13.3. The molecule has 0 aliphatic carbocycles. The summed E-state index contributed by atoms with van der Waals surface area (Å²) in [7, 11) is -3.70. The third-order valence-corrected chi connectivity index (χ3v) is 7.99. The van der Waals surface area contributed by atoms with Crippen LogP contribution in [0.3, 0.4) is 0 Å². The maximum atomic E-state index is 13.3. The van der Waals surface area contributed by atoms with E-state index >= 15 is 0 Å². The van der Waals surface area contributed by atoms with E-state index < -0.39 is 16.1 Å². The Labute approximate surface area is 239 Å². The van der Waals surface area contributed by atoms with Crippen molar-refractivity contribution in [3.8, 4) is 0 Å². The Bertz CT molecular complexity index is 1220. The van der Waals surface area contributed by atoms with Gasteiger partial charge in [-0.25, -0.2) is 8.42 Å². The van der Waals surface area contributed by atoms with Crippen molar-refractivity contribution >= 4 is 73.9 Å². The first-order valence-electron chi connectivity index (χ1n) is 11.6. The smallest absolute Gasteiger partial charge is 0.242 e. The Morgan fingerprint density at radius 1 is 0.946 bits per heavy atom. The molecule has 0 aliphatic rings. The molecule has 0 saturated carbocycles. The molecule has 2 aromatic carbocycles. The minimum Gasteiger partial charge on any atom is -0.354 e.